The lowest BCUT2D eigenvalue weighted by molar-refractivity contribution is -0.113. The second kappa shape index (κ2) is 2.37. The van der Waals surface area contributed by atoms with Gasteiger partial charge in [0.25, 0.3) is 0 Å². The van der Waals surface area contributed by atoms with Crippen LogP contribution in [-0.2, 0) is 0 Å². The van der Waals surface area contributed by atoms with E-state index in [1.165, 1.54) is 0 Å². The number of thiocarbonyl (C=S) groups is 1. The van der Waals surface area contributed by atoms with Crippen molar-refractivity contribution < 1.29 is 26.3 Å². The van der Waals surface area contributed by atoms with E-state index in [-0.39, 0.29) is 0 Å². The highest BCUT2D eigenvalue weighted by atomic mass is 32.1. The Labute approximate surface area is 56.8 Å². The summed E-state index contributed by atoms with van der Waals surface area (Å²) >= 11 is 3.08. The lowest BCUT2D eigenvalue weighted by atomic mass is 10.4. The molecule has 0 rings (SSSR count). The molecule has 10 heavy (non-hydrogen) atoms. The normalized spacial score (nSPS) is 13.4. The molecule has 0 radical (unpaired) electrons. The monoisotopic (exact) mass is 182 g/mol. The molecule has 0 unspecified atom stereocenters. The Morgan fingerprint density at radius 2 is 1.00 bits per heavy atom. The molecule has 0 bridgehead atoms. The van der Waals surface area contributed by atoms with Crippen LogP contribution in [0.5, 0.6) is 0 Å². The topological polar surface area (TPSA) is 0 Å². The van der Waals surface area contributed by atoms with Crippen LogP contribution in [0, 0.1) is 0 Å². The average Bonchev–Trinajstić information content (AvgIpc) is 1.59. The van der Waals surface area contributed by atoms with Crippen LogP contribution in [0.2, 0.25) is 0 Å². The van der Waals surface area contributed by atoms with Gasteiger partial charge in [-0.15, -0.1) is 0 Å². The Balaban J connectivity index is 4.40. The molecule has 0 nitrogen and oxygen atoms in total. The van der Waals surface area contributed by atoms with Crippen LogP contribution in [0.1, 0.15) is 0 Å². The van der Waals surface area contributed by atoms with Crippen LogP contribution in [0.25, 0.3) is 0 Å². The van der Waals surface area contributed by atoms with E-state index >= 15 is 0 Å². The Bertz CT molecular complexity index is 124. The van der Waals surface area contributed by atoms with Gasteiger partial charge >= 0.3 is 12.4 Å². The quantitative estimate of drug-likeness (QED) is 0.409. The third-order valence-electron chi connectivity index (χ3n) is 0.515. The first-order chi connectivity index (χ1) is 4.15. The summed E-state index contributed by atoms with van der Waals surface area (Å²) in [4.78, 5) is -2.85. The summed E-state index contributed by atoms with van der Waals surface area (Å²) in [7, 11) is 0. The van der Waals surface area contributed by atoms with E-state index in [4.69, 9.17) is 0 Å². The Hall–Kier alpha value is -0.330. The van der Waals surface area contributed by atoms with E-state index in [1.807, 2.05) is 0 Å². The lowest BCUT2D eigenvalue weighted by Crippen LogP contribution is -2.34. The molecule has 0 saturated heterocycles. The molecule has 0 aromatic rings. The van der Waals surface area contributed by atoms with Gasteiger partial charge in [-0.1, -0.05) is 12.2 Å². The second-order valence-corrected chi connectivity index (χ2v) is 1.73. The zero-order valence-corrected chi connectivity index (χ0v) is 4.99. The van der Waals surface area contributed by atoms with Crippen molar-refractivity contribution in [1.29, 1.82) is 0 Å². The molecule has 0 amide bonds. The summed E-state index contributed by atoms with van der Waals surface area (Å²) in [5.41, 5.74) is 0. The van der Waals surface area contributed by atoms with Gasteiger partial charge in [0.1, 0.15) is 0 Å². The second-order valence-electron chi connectivity index (χ2n) is 1.32. The SMILES string of the molecule is FC(F)(F)C(=S)C(F)(F)F. The van der Waals surface area contributed by atoms with Crippen LogP contribution in [0.15, 0.2) is 0 Å². The Kier molecular flexibility index (Phi) is 2.29. The molecule has 0 atom stereocenters. The van der Waals surface area contributed by atoms with Crippen LogP contribution in [-0.4, -0.2) is 17.2 Å². The van der Waals surface area contributed by atoms with E-state index in [1.54, 1.807) is 0 Å². The van der Waals surface area contributed by atoms with Crippen LogP contribution >= 0.6 is 12.2 Å². The average molecular weight is 182 g/mol. The predicted molar refractivity (Wildman–Crippen MR) is 24.7 cm³/mol. The lowest BCUT2D eigenvalue weighted by Gasteiger charge is -2.10. The van der Waals surface area contributed by atoms with Gasteiger partial charge < -0.3 is 0 Å². The van der Waals surface area contributed by atoms with Gasteiger partial charge in [0.2, 0.25) is 0 Å². The summed E-state index contributed by atoms with van der Waals surface area (Å²) in [6, 6.07) is 0. The first-order valence-corrected chi connectivity index (χ1v) is 2.25. The molecule has 0 saturated carbocycles. The summed E-state index contributed by atoms with van der Waals surface area (Å²) in [6.07, 6.45) is -10.9. The van der Waals surface area contributed by atoms with E-state index in [2.05, 4.69) is 12.2 Å². The molecule has 0 heterocycles. The molecule has 0 aromatic carbocycles. The van der Waals surface area contributed by atoms with Crippen molar-refractivity contribution in [2.75, 3.05) is 0 Å². The fourth-order valence-corrected chi connectivity index (χ4v) is 0.161. The third-order valence-corrected chi connectivity index (χ3v) is 0.978. The van der Waals surface area contributed by atoms with Crippen LogP contribution < -0.4 is 0 Å². The summed E-state index contributed by atoms with van der Waals surface area (Å²) in [5, 5.41) is 0. The standard InChI is InChI=1S/C3F6S/c4-2(5,6)1(10)3(7,8)9. The van der Waals surface area contributed by atoms with E-state index < -0.39 is 17.2 Å². The Morgan fingerprint density at radius 3 is 1.00 bits per heavy atom. The minimum atomic E-state index is -5.45. The molecule has 0 aliphatic rings. The first kappa shape index (κ1) is 9.67. The number of hydrogen-bond donors (Lipinski definition) is 0. The molecule has 0 spiro atoms. The fourth-order valence-electron chi connectivity index (χ4n) is 0.161. The zero-order chi connectivity index (χ0) is 8.58. The highest BCUT2D eigenvalue weighted by Crippen LogP contribution is 2.29. The van der Waals surface area contributed by atoms with Crippen molar-refractivity contribution in [2.45, 2.75) is 12.4 Å². The number of rotatable bonds is 0. The van der Waals surface area contributed by atoms with E-state index in [0.717, 1.165) is 0 Å². The number of hydrogen-bond acceptors (Lipinski definition) is 1. The first-order valence-electron chi connectivity index (χ1n) is 1.84. The molecule has 0 N–H and O–H groups in total. The fraction of sp³-hybridized carbons (Fsp3) is 0.667. The minimum absolute atomic E-state index is 2.85. The minimum Gasteiger partial charge on any atom is -0.165 e. The maximum Gasteiger partial charge on any atom is 0.431 e. The van der Waals surface area contributed by atoms with E-state index in [9.17, 15) is 26.3 Å². The highest BCUT2D eigenvalue weighted by Gasteiger charge is 2.51. The Morgan fingerprint density at radius 1 is 0.800 bits per heavy atom. The van der Waals surface area contributed by atoms with Crippen LogP contribution in [0.3, 0.4) is 0 Å². The van der Waals surface area contributed by atoms with Gasteiger partial charge in [-0.25, -0.2) is 0 Å². The maximum atomic E-state index is 11.1. The van der Waals surface area contributed by atoms with Crippen molar-refractivity contribution >= 4 is 17.1 Å². The predicted octanol–water partition coefficient (Wildman–Crippen LogP) is 2.48. The van der Waals surface area contributed by atoms with Gasteiger partial charge in [-0.3, -0.25) is 0 Å². The van der Waals surface area contributed by atoms with Gasteiger partial charge in [-0.05, 0) is 0 Å². The molecule has 0 aromatic heterocycles. The van der Waals surface area contributed by atoms with Gasteiger partial charge in [0.05, 0.1) is 0 Å². The summed E-state index contributed by atoms with van der Waals surface area (Å²) < 4.78 is 66.5. The van der Waals surface area contributed by atoms with Crippen molar-refractivity contribution in [2.24, 2.45) is 0 Å². The van der Waals surface area contributed by atoms with Crippen molar-refractivity contribution in [3.8, 4) is 0 Å². The molecular formula is C3F6S. The zero-order valence-electron chi connectivity index (χ0n) is 4.18. The molecule has 7 heteroatoms. The molecular weight excluding hydrogens is 182 g/mol. The summed E-state index contributed by atoms with van der Waals surface area (Å²) in [5.74, 6) is 0. The van der Waals surface area contributed by atoms with Crippen molar-refractivity contribution in [3.05, 3.63) is 0 Å². The third kappa shape index (κ3) is 2.51. The summed E-state index contributed by atoms with van der Waals surface area (Å²) in [6.45, 7) is 0. The largest absolute Gasteiger partial charge is 0.431 e. The van der Waals surface area contributed by atoms with Crippen molar-refractivity contribution in [1.82, 2.24) is 0 Å². The van der Waals surface area contributed by atoms with Crippen molar-refractivity contribution in [3.63, 3.8) is 0 Å². The number of halogens is 6. The molecule has 0 fully saturated rings. The highest BCUT2D eigenvalue weighted by molar-refractivity contribution is 7.80. The molecule has 0 aliphatic carbocycles. The maximum absolute atomic E-state index is 11.1. The number of alkyl halides is 6. The van der Waals surface area contributed by atoms with Gasteiger partial charge in [0.15, 0.2) is 4.86 Å². The van der Waals surface area contributed by atoms with Crippen LogP contribution in [0.4, 0.5) is 26.3 Å². The van der Waals surface area contributed by atoms with Gasteiger partial charge in [0, 0.05) is 0 Å². The molecule has 0 aliphatic heterocycles. The van der Waals surface area contributed by atoms with Gasteiger partial charge in [-0.2, -0.15) is 26.3 Å². The smallest absolute Gasteiger partial charge is 0.165 e. The van der Waals surface area contributed by atoms with E-state index in [0.29, 0.717) is 0 Å². The molecule has 60 valence electrons.